The fraction of sp³-hybridized carbons (Fsp3) is 0.370. The first kappa shape index (κ1) is 21.5. The maximum Gasteiger partial charge on any atom is 0.251 e. The van der Waals surface area contributed by atoms with Gasteiger partial charge in [0.1, 0.15) is 0 Å². The molecule has 31 heavy (non-hydrogen) atoms. The van der Waals surface area contributed by atoms with Crippen LogP contribution in [0.2, 0.25) is 0 Å². The van der Waals surface area contributed by atoms with Gasteiger partial charge in [-0.25, -0.2) is 0 Å². The van der Waals surface area contributed by atoms with Gasteiger partial charge in [-0.05, 0) is 66.1 Å². The van der Waals surface area contributed by atoms with Crippen LogP contribution in [0.25, 0.3) is 10.8 Å². The molecule has 0 heterocycles. The Kier molecular flexibility index (Phi) is 7.00. The highest BCUT2D eigenvalue weighted by atomic mass is 16.3. The molecule has 1 amide bonds. The predicted molar refractivity (Wildman–Crippen MR) is 126 cm³/mol. The van der Waals surface area contributed by atoms with Crippen molar-refractivity contribution in [3.63, 3.8) is 0 Å². The minimum absolute atomic E-state index is 0.0442. The van der Waals surface area contributed by atoms with Gasteiger partial charge >= 0.3 is 0 Å². The van der Waals surface area contributed by atoms with Gasteiger partial charge in [0.2, 0.25) is 0 Å². The second-order valence-corrected chi connectivity index (χ2v) is 8.62. The molecule has 1 saturated carbocycles. The van der Waals surface area contributed by atoms with E-state index in [2.05, 4.69) is 72.2 Å². The first-order chi connectivity index (χ1) is 15.2. The molecule has 0 saturated heterocycles. The molecule has 4 nitrogen and oxygen atoms in total. The first-order valence-electron chi connectivity index (χ1n) is 11.4. The Labute approximate surface area is 184 Å². The quantitative estimate of drug-likeness (QED) is 0.511. The van der Waals surface area contributed by atoms with Crippen LogP contribution in [0.15, 0.2) is 66.7 Å². The lowest BCUT2D eigenvalue weighted by atomic mass is 9.80. The van der Waals surface area contributed by atoms with Gasteiger partial charge in [0, 0.05) is 24.2 Å². The number of amides is 1. The number of nitrogens with one attached hydrogen (secondary N) is 2. The summed E-state index contributed by atoms with van der Waals surface area (Å²) in [6.45, 7) is 2.51. The zero-order valence-electron chi connectivity index (χ0n) is 18.2. The Morgan fingerprint density at radius 1 is 1.03 bits per heavy atom. The standard InChI is InChI=1S/C27H32N2O2/c1-19(25-11-5-7-21-6-2-3-10-26(21)25)29-24-9-4-8-23(18-24)20-12-14-22(15-13-20)27(31)28-16-17-30/h2-3,5-7,10-15,19,23-24,29-30H,4,8-9,16-18H2,1H3,(H,28,31). The molecule has 162 valence electrons. The van der Waals surface area contributed by atoms with Crippen molar-refractivity contribution in [1.82, 2.24) is 10.6 Å². The van der Waals surface area contributed by atoms with Crippen molar-refractivity contribution in [2.45, 2.75) is 50.6 Å². The monoisotopic (exact) mass is 416 g/mol. The molecule has 1 aliphatic carbocycles. The van der Waals surface area contributed by atoms with E-state index < -0.39 is 0 Å². The van der Waals surface area contributed by atoms with Gasteiger partial charge in [-0.3, -0.25) is 4.79 Å². The van der Waals surface area contributed by atoms with Crippen LogP contribution in [0.3, 0.4) is 0 Å². The van der Waals surface area contributed by atoms with Crippen LogP contribution in [0.1, 0.15) is 66.1 Å². The molecule has 0 aromatic heterocycles. The van der Waals surface area contributed by atoms with Crippen molar-refractivity contribution in [3.8, 4) is 0 Å². The number of hydrogen-bond acceptors (Lipinski definition) is 3. The minimum atomic E-state index is -0.132. The van der Waals surface area contributed by atoms with Gasteiger partial charge in [-0.2, -0.15) is 0 Å². The van der Waals surface area contributed by atoms with Crippen molar-refractivity contribution in [2.75, 3.05) is 13.2 Å². The van der Waals surface area contributed by atoms with Gasteiger partial charge in [-0.15, -0.1) is 0 Å². The summed E-state index contributed by atoms with van der Waals surface area (Å²) >= 11 is 0. The minimum Gasteiger partial charge on any atom is -0.395 e. The zero-order valence-corrected chi connectivity index (χ0v) is 18.2. The summed E-state index contributed by atoms with van der Waals surface area (Å²) in [5.41, 5.74) is 3.31. The summed E-state index contributed by atoms with van der Waals surface area (Å²) < 4.78 is 0. The maximum atomic E-state index is 12.1. The lowest BCUT2D eigenvalue weighted by Crippen LogP contribution is -2.35. The van der Waals surface area contributed by atoms with Crippen LogP contribution in [0, 0.1) is 0 Å². The number of carbonyl (C=O) groups excluding carboxylic acids is 1. The zero-order chi connectivity index (χ0) is 21.6. The summed E-state index contributed by atoms with van der Waals surface area (Å²) in [6, 6.07) is 23.9. The van der Waals surface area contributed by atoms with Gasteiger partial charge in [0.15, 0.2) is 0 Å². The fourth-order valence-corrected chi connectivity index (χ4v) is 4.89. The molecular formula is C27H32N2O2. The number of hydrogen-bond donors (Lipinski definition) is 3. The summed E-state index contributed by atoms with van der Waals surface area (Å²) in [5.74, 6) is 0.383. The third-order valence-corrected chi connectivity index (χ3v) is 6.49. The van der Waals surface area contributed by atoms with Crippen molar-refractivity contribution in [2.24, 2.45) is 0 Å². The highest BCUT2D eigenvalue weighted by Gasteiger charge is 2.25. The molecule has 0 radical (unpaired) electrons. The summed E-state index contributed by atoms with van der Waals surface area (Å²) in [4.78, 5) is 12.1. The second-order valence-electron chi connectivity index (χ2n) is 8.62. The van der Waals surface area contributed by atoms with Crippen LogP contribution in [0.4, 0.5) is 0 Å². The molecule has 1 fully saturated rings. The van der Waals surface area contributed by atoms with E-state index in [1.54, 1.807) is 0 Å². The largest absolute Gasteiger partial charge is 0.395 e. The summed E-state index contributed by atoms with van der Waals surface area (Å²) in [6.07, 6.45) is 4.72. The van der Waals surface area contributed by atoms with E-state index in [9.17, 15) is 4.79 Å². The van der Waals surface area contributed by atoms with E-state index in [0.717, 1.165) is 6.42 Å². The second kappa shape index (κ2) is 10.1. The van der Waals surface area contributed by atoms with E-state index in [4.69, 9.17) is 5.11 Å². The molecule has 0 bridgehead atoms. The molecule has 3 aromatic rings. The fourth-order valence-electron chi connectivity index (χ4n) is 4.89. The number of fused-ring (bicyclic) bond motifs is 1. The van der Waals surface area contributed by atoms with Crippen LogP contribution < -0.4 is 10.6 Å². The third-order valence-electron chi connectivity index (χ3n) is 6.49. The van der Waals surface area contributed by atoms with Crippen LogP contribution in [-0.2, 0) is 0 Å². The number of aliphatic hydroxyl groups is 1. The van der Waals surface area contributed by atoms with E-state index in [1.165, 1.54) is 41.2 Å². The Bertz CT molecular complexity index is 1010. The van der Waals surface area contributed by atoms with Gasteiger partial charge in [0.25, 0.3) is 5.91 Å². The number of carbonyl (C=O) groups is 1. The normalized spacial score (nSPS) is 19.8. The van der Waals surface area contributed by atoms with Gasteiger partial charge in [0.05, 0.1) is 6.61 Å². The molecule has 3 atom stereocenters. The Morgan fingerprint density at radius 2 is 1.81 bits per heavy atom. The van der Waals surface area contributed by atoms with Crippen molar-refractivity contribution in [1.29, 1.82) is 0 Å². The molecule has 3 aromatic carbocycles. The van der Waals surface area contributed by atoms with Crippen LogP contribution in [0.5, 0.6) is 0 Å². The lowest BCUT2D eigenvalue weighted by molar-refractivity contribution is 0.0944. The molecule has 0 aliphatic heterocycles. The topological polar surface area (TPSA) is 61.4 Å². The molecule has 3 N–H and O–H groups in total. The highest BCUT2D eigenvalue weighted by Crippen LogP contribution is 2.34. The first-order valence-corrected chi connectivity index (χ1v) is 11.4. The number of benzene rings is 3. The van der Waals surface area contributed by atoms with E-state index in [-0.39, 0.29) is 19.1 Å². The Morgan fingerprint density at radius 3 is 2.61 bits per heavy atom. The molecule has 0 spiro atoms. The molecule has 4 rings (SSSR count). The number of aliphatic hydroxyl groups excluding tert-OH is 1. The molecule has 1 aliphatic rings. The van der Waals surface area contributed by atoms with Crippen molar-refractivity contribution >= 4 is 16.7 Å². The van der Waals surface area contributed by atoms with E-state index in [0.29, 0.717) is 23.6 Å². The Hall–Kier alpha value is -2.69. The average molecular weight is 417 g/mol. The van der Waals surface area contributed by atoms with Crippen molar-refractivity contribution < 1.29 is 9.90 Å². The van der Waals surface area contributed by atoms with Crippen molar-refractivity contribution in [3.05, 3.63) is 83.4 Å². The highest BCUT2D eigenvalue weighted by molar-refractivity contribution is 5.94. The van der Waals surface area contributed by atoms with Crippen LogP contribution >= 0.6 is 0 Å². The number of rotatable bonds is 7. The third kappa shape index (κ3) is 5.15. The van der Waals surface area contributed by atoms with Crippen LogP contribution in [-0.4, -0.2) is 30.2 Å². The summed E-state index contributed by atoms with van der Waals surface area (Å²) in [5, 5.41) is 18.1. The predicted octanol–water partition coefficient (Wildman–Crippen LogP) is 4.94. The lowest BCUT2D eigenvalue weighted by Gasteiger charge is -2.32. The van der Waals surface area contributed by atoms with E-state index in [1.807, 2.05) is 12.1 Å². The summed E-state index contributed by atoms with van der Waals surface area (Å²) in [7, 11) is 0. The van der Waals surface area contributed by atoms with Gasteiger partial charge in [-0.1, -0.05) is 61.0 Å². The molecule has 3 unspecified atom stereocenters. The van der Waals surface area contributed by atoms with Gasteiger partial charge < -0.3 is 15.7 Å². The Balaban J connectivity index is 1.41. The molecule has 4 heteroatoms. The SMILES string of the molecule is CC(NC1CCCC(c2ccc(C(=O)NCCO)cc2)C1)c1cccc2ccccc12. The smallest absolute Gasteiger partial charge is 0.251 e. The average Bonchev–Trinajstić information content (AvgIpc) is 2.82. The maximum absolute atomic E-state index is 12.1. The van der Waals surface area contributed by atoms with E-state index >= 15 is 0 Å². The molecular weight excluding hydrogens is 384 g/mol.